The summed E-state index contributed by atoms with van der Waals surface area (Å²) >= 11 is 0. The van der Waals surface area contributed by atoms with Crippen molar-refractivity contribution < 1.29 is 28.6 Å². The van der Waals surface area contributed by atoms with Gasteiger partial charge in [-0.15, -0.1) is 0 Å². The molecule has 0 fully saturated rings. The highest BCUT2D eigenvalue weighted by Gasteiger charge is 2.07. The summed E-state index contributed by atoms with van der Waals surface area (Å²) in [7, 11) is 0. The summed E-state index contributed by atoms with van der Waals surface area (Å²) in [6.45, 7) is 22.6. The highest BCUT2D eigenvalue weighted by molar-refractivity contribution is 5.87. The van der Waals surface area contributed by atoms with E-state index in [9.17, 15) is 14.4 Å². The number of hydrogen-bond acceptors (Lipinski definition) is 6. The summed E-state index contributed by atoms with van der Waals surface area (Å²) in [6.07, 6.45) is 5.85. The molecule has 29 heavy (non-hydrogen) atoms. The molecule has 6 heteroatoms. The Hall–Kier alpha value is -2.37. The van der Waals surface area contributed by atoms with Gasteiger partial charge in [0.25, 0.3) is 0 Å². The van der Waals surface area contributed by atoms with Crippen LogP contribution < -0.4 is 0 Å². The van der Waals surface area contributed by atoms with Crippen LogP contribution in [0.5, 0.6) is 0 Å². The number of ether oxygens (including phenoxy) is 3. The van der Waals surface area contributed by atoms with E-state index in [4.69, 9.17) is 4.74 Å². The van der Waals surface area contributed by atoms with Crippen LogP contribution in [0.3, 0.4) is 0 Å². The fourth-order valence-corrected chi connectivity index (χ4v) is 1.67. The van der Waals surface area contributed by atoms with Gasteiger partial charge >= 0.3 is 17.9 Å². The van der Waals surface area contributed by atoms with E-state index in [1.807, 2.05) is 0 Å². The minimum absolute atomic E-state index is 0.310. The van der Waals surface area contributed by atoms with Crippen molar-refractivity contribution in [1.29, 1.82) is 0 Å². The van der Waals surface area contributed by atoms with E-state index in [1.165, 1.54) is 18.9 Å². The molecule has 0 radical (unpaired) electrons. The first kappa shape index (κ1) is 31.3. The number of carbonyl (C=O) groups excluding carboxylic acids is 3. The molecule has 0 heterocycles. The lowest BCUT2D eigenvalue weighted by molar-refractivity contribution is -0.139. The predicted molar refractivity (Wildman–Crippen MR) is 117 cm³/mol. The van der Waals surface area contributed by atoms with Gasteiger partial charge in [-0.1, -0.05) is 52.8 Å². The third-order valence-electron chi connectivity index (χ3n) is 3.42. The van der Waals surface area contributed by atoms with Gasteiger partial charge in [0.1, 0.15) is 0 Å². The Morgan fingerprint density at radius 2 is 1.31 bits per heavy atom. The van der Waals surface area contributed by atoms with E-state index in [0.717, 1.165) is 12.8 Å². The van der Waals surface area contributed by atoms with Crippen LogP contribution in [0.25, 0.3) is 0 Å². The Kier molecular flexibility index (Phi) is 23.7. The molecular weight excluding hydrogens is 372 g/mol. The van der Waals surface area contributed by atoms with Crippen LogP contribution in [-0.2, 0) is 28.6 Å². The van der Waals surface area contributed by atoms with Crippen LogP contribution in [0.15, 0.2) is 37.0 Å². The second-order valence-electron chi connectivity index (χ2n) is 6.25. The Balaban J connectivity index is -0.000000368. The fraction of sp³-hybridized carbons (Fsp3) is 0.609. The van der Waals surface area contributed by atoms with E-state index < -0.39 is 0 Å². The van der Waals surface area contributed by atoms with Gasteiger partial charge in [0.15, 0.2) is 0 Å². The third kappa shape index (κ3) is 23.6. The first-order valence-corrected chi connectivity index (χ1v) is 10.0. The number of rotatable bonds is 11. The van der Waals surface area contributed by atoms with E-state index in [1.54, 1.807) is 27.7 Å². The third-order valence-corrected chi connectivity index (χ3v) is 3.42. The SMILES string of the molecule is C=C(C)C(=O)OCC.C=C(C)C(=O)OCC.C=CC(=O)OCC(CC)CCCC. The maximum absolute atomic E-state index is 10.8. The summed E-state index contributed by atoms with van der Waals surface area (Å²) in [4.78, 5) is 31.6. The Bertz CT molecular complexity index is 479. The number of esters is 3. The van der Waals surface area contributed by atoms with Crippen LogP contribution in [0.1, 0.15) is 67.2 Å². The second-order valence-corrected chi connectivity index (χ2v) is 6.25. The first-order chi connectivity index (χ1) is 13.6. The molecule has 0 bridgehead atoms. The van der Waals surface area contributed by atoms with Crippen molar-refractivity contribution in [1.82, 2.24) is 0 Å². The van der Waals surface area contributed by atoms with Crippen molar-refractivity contribution >= 4 is 17.9 Å². The minimum Gasteiger partial charge on any atom is -0.463 e. The van der Waals surface area contributed by atoms with E-state index in [-0.39, 0.29) is 17.9 Å². The standard InChI is InChI=1S/C11H20O2.2C6H10O2/c1-4-7-8-10(5-2)9-13-11(12)6-3;2*1-4-8-6(7)5(2)3/h6,10H,3-5,7-9H2,1-2H3;2*2,4H2,1,3H3. The van der Waals surface area contributed by atoms with Crippen molar-refractivity contribution in [3.63, 3.8) is 0 Å². The van der Waals surface area contributed by atoms with Crippen molar-refractivity contribution in [2.24, 2.45) is 5.92 Å². The maximum Gasteiger partial charge on any atom is 0.333 e. The largest absolute Gasteiger partial charge is 0.463 e. The monoisotopic (exact) mass is 412 g/mol. The van der Waals surface area contributed by atoms with E-state index >= 15 is 0 Å². The van der Waals surface area contributed by atoms with Crippen molar-refractivity contribution in [3.8, 4) is 0 Å². The van der Waals surface area contributed by atoms with Crippen molar-refractivity contribution in [2.45, 2.75) is 67.2 Å². The highest BCUT2D eigenvalue weighted by atomic mass is 16.5. The topological polar surface area (TPSA) is 78.9 Å². The van der Waals surface area contributed by atoms with E-state index in [2.05, 4.69) is 43.1 Å². The molecule has 1 unspecified atom stereocenters. The van der Waals surface area contributed by atoms with Crippen LogP contribution in [0.2, 0.25) is 0 Å². The lowest BCUT2D eigenvalue weighted by Gasteiger charge is -2.13. The Morgan fingerprint density at radius 1 is 0.862 bits per heavy atom. The quantitative estimate of drug-likeness (QED) is 0.264. The average molecular weight is 413 g/mol. The van der Waals surface area contributed by atoms with Crippen molar-refractivity contribution in [2.75, 3.05) is 19.8 Å². The molecule has 0 rings (SSSR count). The average Bonchev–Trinajstić information content (AvgIpc) is 2.69. The molecular formula is C23H40O6. The van der Waals surface area contributed by atoms with Crippen LogP contribution in [0, 0.1) is 5.92 Å². The summed E-state index contributed by atoms with van der Waals surface area (Å²) < 4.78 is 14.1. The van der Waals surface area contributed by atoms with Gasteiger partial charge in [0, 0.05) is 17.2 Å². The molecule has 0 N–H and O–H groups in total. The number of carbonyl (C=O) groups is 3. The molecule has 6 nitrogen and oxygen atoms in total. The fourth-order valence-electron chi connectivity index (χ4n) is 1.67. The maximum atomic E-state index is 10.8. The molecule has 0 aromatic rings. The summed E-state index contributed by atoms with van der Waals surface area (Å²) in [5.41, 5.74) is 0.902. The smallest absolute Gasteiger partial charge is 0.333 e. The lowest BCUT2D eigenvalue weighted by atomic mass is 10.0. The second kappa shape index (κ2) is 21.9. The molecule has 0 aromatic carbocycles. The van der Waals surface area contributed by atoms with Gasteiger partial charge in [0.2, 0.25) is 0 Å². The summed E-state index contributed by atoms with van der Waals surface area (Å²) in [5, 5.41) is 0. The zero-order chi connectivity index (χ0) is 23.2. The summed E-state index contributed by atoms with van der Waals surface area (Å²) in [6, 6.07) is 0. The molecule has 168 valence electrons. The molecule has 0 spiro atoms. The van der Waals surface area contributed by atoms with Gasteiger partial charge in [0.05, 0.1) is 19.8 Å². The molecule has 0 saturated carbocycles. The molecule has 0 aromatic heterocycles. The molecule has 0 aliphatic heterocycles. The van der Waals surface area contributed by atoms with Gasteiger partial charge in [-0.2, -0.15) is 0 Å². The van der Waals surface area contributed by atoms with Gasteiger partial charge in [-0.3, -0.25) is 0 Å². The Labute approximate surface area is 177 Å². The van der Waals surface area contributed by atoms with Gasteiger partial charge < -0.3 is 14.2 Å². The number of hydrogen-bond donors (Lipinski definition) is 0. The zero-order valence-electron chi connectivity index (χ0n) is 19.2. The normalized spacial score (nSPS) is 10.0. The van der Waals surface area contributed by atoms with Crippen LogP contribution in [0.4, 0.5) is 0 Å². The zero-order valence-corrected chi connectivity index (χ0v) is 19.2. The van der Waals surface area contributed by atoms with Crippen LogP contribution in [-0.4, -0.2) is 37.7 Å². The molecule has 1 atom stereocenters. The molecule has 0 aliphatic carbocycles. The van der Waals surface area contributed by atoms with Gasteiger partial charge in [-0.05, 0) is 40.0 Å². The predicted octanol–water partition coefficient (Wildman–Crippen LogP) is 5.18. The van der Waals surface area contributed by atoms with Gasteiger partial charge in [-0.25, -0.2) is 14.4 Å². The lowest BCUT2D eigenvalue weighted by Crippen LogP contribution is -2.12. The minimum atomic E-state index is -0.312. The van der Waals surface area contributed by atoms with E-state index in [0.29, 0.717) is 36.9 Å². The van der Waals surface area contributed by atoms with Crippen LogP contribution >= 0.6 is 0 Å². The molecule has 0 aliphatic rings. The number of unbranched alkanes of at least 4 members (excludes halogenated alkanes) is 1. The first-order valence-electron chi connectivity index (χ1n) is 10.0. The Morgan fingerprint density at radius 3 is 1.55 bits per heavy atom. The van der Waals surface area contributed by atoms with Crippen molar-refractivity contribution in [3.05, 3.63) is 37.0 Å². The highest BCUT2D eigenvalue weighted by Crippen LogP contribution is 2.12. The molecule has 0 saturated heterocycles. The summed E-state index contributed by atoms with van der Waals surface area (Å²) in [5.74, 6) is -0.418. The molecule has 0 amide bonds.